The Morgan fingerprint density at radius 3 is 3.00 bits per heavy atom. The molecule has 0 aromatic carbocycles. The van der Waals surface area contributed by atoms with Crippen molar-refractivity contribution in [2.24, 2.45) is 0 Å². The van der Waals surface area contributed by atoms with E-state index in [1.165, 1.54) is 12.8 Å². The number of thioether (sulfide) groups is 1. The monoisotopic (exact) mass is 270 g/mol. The third-order valence-electron chi connectivity index (χ3n) is 3.56. The summed E-state index contributed by atoms with van der Waals surface area (Å²) in [6.45, 7) is 4.07. The molecule has 2 rings (SSSR count). The van der Waals surface area contributed by atoms with Crippen molar-refractivity contribution < 1.29 is 5.11 Å². The van der Waals surface area contributed by atoms with Crippen LogP contribution in [0.25, 0.3) is 0 Å². The average molecular weight is 270 g/mol. The lowest BCUT2D eigenvalue weighted by atomic mass is 10.1. The van der Waals surface area contributed by atoms with E-state index in [4.69, 9.17) is 0 Å². The fourth-order valence-electron chi connectivity index (χ4n) is 2.32. The van der Waals surface area contributed by atoms with Gasteiger partial charge >= 0.3 is 0 Å². The van der Waals surface area contributed by atoms with Gasteiger partial charge in [-0.05, 0) is 26.0 Å². The maximum absolute atomic E-state index is 9.25. The normalized spacial score (nSPS) is 18.4. The first-order chi connectivity index (χ1) is 8.76. The molecule has 0 radical (unpaired) electrons. The fraction of sp³-hybridized carbons (Fsp3) is 0.833. The number of aliphatic hydroxyl groups is 1. The zero-order valence-electron chi connectivity index (χ0n) is 11.1. The van der Waals surface area contributed by atoms with Gasteiger partial charge in [0.1, 0.15) is 11.6 Å². The Bertz CT molecular complexity index is 378. The first-order valence-corrected chi connectivity index (χ1v) is 7.83. The smallest absolute Gasteiger partial charge is 0.147 e. The number of nitrogens with zero attached hydrogens (tertiary/aromatic N) is 3. The molecule has 6 heteroatoms. The van der Waals surface area contributed by atoms with E-state index in [-0.39, 0.29) is 17.9 Å². The highest BCUT2D eigenvalue weighted by atomic mass is 32.2. The second-order valence-corrected chi connectivity index (χ2v) is 5.84. The van der Waals surface area contributed by atoms with Crippen LogP contribution in [0.3, 0.4) is 0 Å². The first kappa shape index (κ1) is 13.8. The number of nitrogens with one attached hydrogen (secondary N) is 1. The fourth-order valence-corrected chi connectivity index (χ4v) is 2.97. The Morgan fingerprint density at radius 2 is 2.28 bits per heavy atom. The predicted molar refractivity (Wildman–Crippen MR) is 73.7 cm³/mol. The van der Waals surface area contributed by atoms with E-state index < -0.39 is 0 Å². The molecule has 0 spiro atoms. The van der Waals surface area contributed by atoms with Gasteiger partial charge in [0.2, 0.25) is 0 Å². The van der Waals surface area contributed by atoms with Crippen molar-refractivity contribution in [3.63, 3.8) is 0 Å². The van der Waals surface area contributed by atoms with Crippen LogP contribution in [0.2, 0.25) is 0 Å². The van der Waals surface area contributed by atoms with E-state index >= 15 is 0 Å². The molecule has 1 aliphatic rings. The molecule has 18 heavy (non-hydrogen) atoms. The van der Waals surface area contributed by atoms with Gasteiger partial charge in [-0.15, -0.1) is 10.2 Å². The molecular formula is C12H22N4OS. The lowest BCUT2D eigenvalue weighted by Crippen LogP contribution is -2.37. The molecule has 1 aromatic rings. The zero-order valence-corrected chi connectivity index (χ0v) is 11.9. The zero-order chi connectivity index (χ0) is 13.0. The molecule has 2 unspecified atom stereocenters. The van der Waals surface area contributed by atoms with E-state index in [9.17, 15) is 5.11 Å². The molecule has 1 aliphatic heterocycles. The highest BCUT2D eigenvalue weighted by Gasteiger charge is 2.18. The molecule has 0 aliphatic carbocycles. The Kier molecular flexibility index (Phi) is 5.03. The second-order valence-electron chi connectivity index (χ2n) is 4.77. The van der Waals surface area contributed by atoms with Gasteiger partial charge in [0.25, 0.3) is 0 Å². The number of aromatic nitrogens is 3. The van der Waals surface area contributed by atoms with Crippen molar-refractivity contribution in [2.45, 2.75) is 50.6 Å². The molecule has 2 N–H and O–H groups in total. The minimum atomic E-state index is 0.202. The van der Waals surface area contributed by atoms with E-state index in [1.807, 2.05) is 6.26 Å². The maximum Gasteiger partial charge on any atom is 0.147 e. The second kappa shape index (κ2) is 6.54. The number of aliphatic hydroxyl groups excluding tert-OH is 1. The van der Waals surface area contributed by atoms with Crippen LogP contribution in [0.15, 0.2) is 0 Å². The standard InChI is InChI=1S/C12H22N4OS/c1-9(10(8-17)18-2)13-7-12-15-14-11-5-3-4-6-16(11)12/h9-10,13,17H,3-8H2,1-2H3. The number of rotatable bonds is 6. The van der Waals surface area contributed by atoms with Crippen LogP contribution in [0.4, 0.5) is 0 Å². The maximum atomic E-state index is 9.25. The number of hydrogen-bond acceptors (Lipinski definition) is 5. The van der Waals surface area contributed by atoms with E-state index in [2.05, 4.69) is 27.0 Å². The molecule has 0 amide bonds. The summed E-state index contributed by atoms with van der Waals surface area (Å²) < 4.78 is 2.23. The molecule has 1 aromatic heterocycles. The molecule has 0 saturated heterocycles. The van der Waals surface area contributed by atoms with Gasteiger partial charge < -0.3 is 15.0 Å². The number of aryl methyl sites for hydroxylation is 1. The molecule has 5 nitrogen and oxygen atoms in total. The van der Waals surface area contributed by atoms with Gasteiger partial charge in [-0.2, -0.15) is 11.8 Å². The molecule has 2 atom stereocenters. The van der Waals surface area contributed by atoms with E-state index in [0.29, 0.717) is 0 Å². The SMILES string of the molecule is CSC(CO)C(C)NCc1nnc2n1CCCC2. The highest BCUT2D eigenvalue weighted by Crippen LogP contribution is 2.15. The van der Waals surface area contributed by atoms with Crippen LogP contribution in [-0.4, -0.2) is 44.0 Å². The summed E-state index contributed by atoms with van der Waals surface area (Å²) in [4.78, 5) is 0. The molecular weight excluding hydrogens is 248 g/mol. The third kappa shape index (κ3) is 3.05. The topological polar surface area (TPSA) is 63.0 Å². The summed E-state index contributed by atoms with van der Waals surface area (Å²) in [5, 5.41) is 21.4. The van der Waals surface area contributed by atoms with Crippen LogP contribution in [0.1, 0.15) is 31.4 Å². The van der Waals surface area contributed by atoms with Crippen molar-refractivity contribution in [3.8, 4) is 0 Å². The van der Waals surface area contributed by atoms with Crippen molar-refractivity contribution in [1.82, 2.24) is 20.1 Å². The van der Waals surface area contributed by atoms with Crippen molar-refractivity contribution in [3.05, 3.63) is 11.6 Å². The lowest BCUT2D eigenvalue weighted by Gasteiger charge is -2.21. The van der Waals surface area contributed by atoms with Gasteiger partial charge in [0, 0.05) is 24.3 Å². The number of hydrogen-bond donors (Lipinski definition) is 2. The molecule has 102 valence electrons. The van der Waals surface area contributed by atoms with Gasteiger partial charge in [-0.1, -0.05) is 0 Å². The quantitative estimate of drug-likeness (QED) is 0.801. The highest BCUT2D eigenvalue weighted by molar-refractivity contribution is 7.99. The molecule has 0 fully saturated rings. The Labute approximate surface area is 112 Å². The summed E-state index contributed by atoms with van der Waals surface area (Å²) in [5.74, 6) is 2.14. The molecule has 2 heterocycles. The summed E-state index contributed by atoms with van der Waals surface area (Å²) in [6.07, 6.45) is 5.52. The van der Waals surface area contributed by atoms with Gasteiger partial charge in [0.15, 0.2) is 0 Å². The van der Waals surface area contributed by atoms with Crippen molar-refractivity contribution in [2.75, 3.05) is 12.9 Å². The van der Waals surface area contributed by atoms with Crippen LogP contribution in [0.5, 0.6) is 0 Å². The van der Waals surface area contributed by atoms with Gasteiger partial charge in [-0.25, -0.2) is 0 Å². The van der Waals surface area contributed by atoms with Crippen LogP contribution < -0.4 is 5.32 Å². The van der Waals surface area contributed by atoms with Crippen molar-refractivity contribution in [1.29, 1.82) is 0 Å². The first-order valence-electron chi connectivity index (χ1n) is 6.54. The van der Waals surface area contributed by atoms with Crippen molar-refractivity contribution >= 4 is 11.8 Å². The Morgan fingerprint density at radius 1 is 1.44 bits per heavy atom. The third-order valence-corrected chi connectivity index (χ3v) is 4.72. The van der Waals surface area contributed by atoms with Gasteiger partial charge in [-0.3, -0.25) is 0 Å². The van der Waals surface area contributed by atoms with Gasteiger partial charge in [0.05, 0.1) is 13.2 Å². The summed E-state index contributed by atoms with van der Waals surface area (Å²) in [5.41, 5.74) is 0. The van der Waals surface area contributed by atoms with Crippen LogP contribution in [-0.2, 0) is 19.5 Å². The minimum Gasteiger partial charge on any atom is -0.395 e. The Balaban J connectivity index is 1.92. The predicted octanol–water partition coefficient (Wildman–Crippen LogP) is 0.816. The van der Waals surface area contributed by atoms with E-state index in [0.717, 1.165) is 31.2 Å². The summed E-state index contributed by atoms with van der Waals surface area (Å²) in [6, 6.07) is 0.265. The summed E-state index contributed by atoms with van der Waals surface area (Å²) >= 11 is 1.69. The minimum absolute atomic E-state index is 0.202. The average Bonchev–Trinajstić information content (AvgIpc) is 2.81. The van der Waals surface area contributed by atoms with E-state index in [1.54, 1.807) is 11.8 Å². The molecule has 0 saturated carbocycles. The van der Waals surface area contributed by atoms with Crippen LogP contribution in [0, 0.1) is 0 Å². The lowest BCUT2D eigenvalue weighted by molar-refractivity contribution is 0.275. The van der Waals surface area contributed by atoms with Crippen LogP contribution >= 0.6 is 11.8 Å². The molecule has 0 bridgehead atoms. The summed E-state index contributed by atoms with van der Waals surface area (Å²) in [7, 11) is 0. The largest absolute Gasteiger partial charge is 0.395 e. The Hall–Kier alpha value is -0.590. The number of fused-ring (bicyclic) bond motifs is 1.